The Morgan fingerprint density at radius 1 is 1.31 bits per heavy atom. The molecule has 0 aliphatic carbocycles. The molecule has 8 heteroatoms. The van der Waals surface area contributed by atoms with Crippen molar-refractivity contribution >= 4 is 5.91 Å². The molecule has 168 valence electrons. The van der Waals surface area contributed by atoms with Crippen LogP contribution in [0.1, 0.15) is 48.8 Å². The highest BCUT2D eigenvalue weighted by Crippen LogP contribution is 2.31. The topological polar surface area (TPSA) is 94.0 Å². The molecule has 1 aliphatic rings. The minimum Gasteiger partial charge on any atom is -0.487 e. The molecule has 0 radical (unpaired) electrons. The fraction of sp³-hybridized carbons (Fsp3) is 0.417. The number of carbonyl (C=O) groups excluding carboxylic acids is 1. The van der Waals surface area contributed by atoms with Crippen molar-refractivity contribution in [2.75, 3.05) is 13.1 Å². The third-order valence-corrected chi connectivity index (χ3v) is 5.60. The average molecular weight is 435 g/mol. The third-order valence-electron chi connectivity index (χ3n) is 5.60. The second kappa shape index (κ2) is 9.08. The normalized spacial score (nSPS) is 16.2. The fourth-order valence-corrected chi connectivity index (χ4v) is 3.64. The first-order valence-electron chi connectivity index (χ1n) is 10.9. The summed E-state index contributed by atoms with van der Waals surface area (Å²) in [7, 11) is 0. The minimum atomic E-state index is -0.237. The summed E-state index contributed by atoms with van der Waals surface area (Å²) in [5.41, 5.74) is 4.31. The largest absolute Gasteiger partial charge is 0.487 e. The first-order chi connectivity index (χ1) is 15.3. The van der Waals surface area contributed by atoms with Crippen molar-refractivity contribution in [1.29, 1.82) is 0 Å². The van der Waals surface area contributed by atoms with Crippen molar-refractivity contribution in [2.45, 2.75) is 52.3 Å². The van der Waals surface area contributed by atoms with Crippen LogP contribution in [0.25, 0.3) is 11.1 Å². The molecule has 1 saturated heterocycles. The lowest BCUT2D eigenvalue weighted by Crippen LogP contribution is -2.24. The monoisotopic (exact) mass is 434 g/mol. The van der Waals surface area contributed by atoms with Gasteiger partial charge in [0.1, 0.15) is 11.9 Å². The molecule has 1 atom stereocenters. The maximum Gasteiger partial charge on any atom is 0.273 e. The molecule has 2 N–H and O–H groups in total. The number of carbonyl (C=O) groups is 1. The number of aryl methyl sites for hydroxylation is 1. The second-order valence-corrected chi connectivity index (χ2v) is 9.15. The Bertz CT molecular complexity index is 1100. The Kier molecular flexibility index (Phi) is 6.23. The Balaban J connectivity index is 1.45. The molecule has 1 unspecified atom stereocenters. The van der Waals surface area contributed by atoms with Crippen molar-refractivity contribution in [1.82, 2.24) is 30.6 Å². The average Bonchev–Trinajstić information content (AvgIpc) is 3.45. The molecule has 1 aliphatic heterocycles. The number of rotatable bonds is 6. The van der Waals surface area contributed by atoms with E-state index in [0.29, 0.717) is 12.2 Å². The van der Waals surface area contributed by atoms with Gasteiger partial charge in [-0.1, -0.05) is 23.4 Å². The van der Waals surface area contributed by atoms with Crippen LogP contribution in [0.2, 0.25) is 0 Å². The number of hydrogen-bond acceptors (Lipinski definition) is 6. The first-order valence-corrected chi connectivity index (χ1v) is 10.9. The van der Waals surface area contributed by atoms with Crippen LogP contribution in [0, 0.1) is 6.92 Å². The van der Waals surface area contributed by atoms with E-state index in [4.69, 9.17) is 4.74 Å². The number of pyridine rings is 1. The van der Waals surface area contributed by atoms with Gasteiger partial charge in [-0.05, 0) is 63.4 Å². The molecule has 0 spiro atoms. The predicted octanol–water partition coefficient (Wildman–Crippen LogP) is 3.07. The molecule has 1 amide bonds. The van der Waals surface area contributed by atoms with Crippen molar-refractivity contribution in [2.24, 2.45) is 0 Å². The number of nitrogens with one attached hydrogen (secondary N) is 2. The highest BCUT2D eigenvalue weighted by atomic mass is 16.5. The molecule has 1 aromatic carbocycles. The van der Waals surface area contributed by atoms with Crippen LogP contribution in [0.15, 0.2) is 42.9 Å². The van der Waals surface area contributed by atoms with E-state index >= 15 is 0 Å². The van der Waals surface area contributed by atoms with E-state index in [-0.39, 0.29) is 17.6 Å². The molecule has 3 heterocycles. The van der Waals surface area contributed by atoms with Gasteiger partial charge in [-0.2, -0.15) is 0 Å². The minimum absolute atomic E-state index is 0.171. The molecule has 0 bridgehead atoms. The Morgan fingerprint density at radius 2 is 2.16 bits per heavy atom. The van der Waals surface area contributed by atoms with Crippen molar-refractivity contribution in [3.8, 4) is 16.9 Å². The summed E-state index contributed by atoms with van der Waals surface area (Å²) in [6.45, 7) is 10.3. The summed E-state index contributed by atoms with van der Waals surface area (Å²) in [6.07, 6.45) is 6.40. The van der Waals surface area contributed by atoms with E-state index in [1.54, 1.807) is 23.3 Å². The quantitative estimate of drug-likeness (QED) is 0.619. The van der Waals surface area contributed by atoms with E-state index in [9.17, 15) is 4.79 Å². The van der Waals surface area contributed by atoms with Crippen LogP contribution in [-0.2, 0) is 12.1 Å². The van der Waals surface area contributed by atoms with Crippen LogP contribution >= 0.6 is 0 Å². The lowest BCUT2D eigenvalue weighted by molar-refractivity contribution is 0.0945. The van der Waals surface area contributed by atoms with Crippen LogP contribution in [0.3, 0.4) is 0 Å². The van der Waals surface area contributed by atoms with Gasteiger partial charge in [0.05, 0.1) is 17.9 Å². The second-order valence-electron chi connectivity index (χ2n) is 9.15. The Morgan fingerprint density at radius 3 is 2.84 bits per heavy atom. The van der Waals surface area contributed by atoms with Crippen molar-refractivity contribution in [3.05, 3.63) is 59.7 Å². The van der Waals surface area contributed by atoms with Gasteiger partial charge in [0.2, 0.25) is 0 Å². The van der Waals surface area contributed by atoms with E-state index in [1.165, 1.54) is 0 Å². The molecule has 0 saturated carbocycles. The van der Waals surface area contributed by atoms with Crippen LogP contribution in [-0.4, -0.2) is 45.1 Å². The SMILES string of the molecule is Cc1cc(-c2ccncc2OC2CCNC2)ccc1CNC(=O)c1cn(C(C)(C)C)nn1. The molecule has 8 nitrogen and oxygen atoms in total. The maximum atomic E-state index is 12.5. The number of nitrogens with zero attached hydrogens (tertiary/aromatic N) is 4. The number of benzene rings is 1. The van der Waals surface area contributed by atoms with Gasteiger partial charge in [0.15, 0.2) is 5.69 Å². The zero-order valence-electron chi connectivity index (χ0n) is 19.1. The van der Waals surface area contributed by atoms with Gasteiger partial charge >= 0.3 is 0 Å². The predicted molar refractivity (Wildman–Crippen MR) is 123 cm³/mol. The van der Waals surface area contributed by atoms with Gasteiger partial charge in [0, 0.05) is 24.8 Å². The number of hydrogen-bond donors (Lipinski definition) is 2. The van der Waals surface area contributed by atoms with Crippen molar-refractivity contribution < 1.29 is 9.53 Å². The highest BCUT2D eigenvalue weighted by Gasteiger charge is 2.19. The summed E-state index contributed by atoms with van der Waals surface area (Å²) in [6, 6.07) is 8.19. The number of aromatic nitrogens is 4. The zero-order chi connectivity index (χ0) is 22.7. The molecule has 32 heavy (non-hydrogen) atoms. The molecule has 4 rings (SSSR count). The van der Waals surface area contributed by atoms with Gasteiger partial charge < -0.3 is 15.4 Å². The van der Waals surface area contributed by atoms with Gasteiger partial charge in [0.25, 0.3) is 5.91 Å². The summed E-state index contributed by atoms with van der Waals surface area (Å²) in [5, 5.41) is 14.3. The molecular formula is C24H30N6O2. The Hall–Kier alpha value is -3.26. The third kappa shape index (κ3) is 4.96. The van der Waals surface area contributed by atoms with Crippen LogP contribution in [0.5, 0.6) is 5.75 Å². The first kappa shape index (κ1) is 22.0. The van der Waals surface area contributed by atoms with Crippen LogP contribution in [0.4, 0.5) is 0 Å². The van der Waals surface area contributed by atoms with Crippen molar-refractivity contribution in [3.63, 3.8) is 0 Å². The fourth-order valence-electron chi connectivity index (χ4n) is 3.64. The van der Waals surface area contributed by atoms with E-state index in [1.807, 2.05) is 39.8 Å². The summed E-state index contributed by atoms with van der Waals surface area (Å²) >= 11 is 0. The van der Waals surface area contributed by atoms with Gasteiger partial charge in [-0.3, -0.25) is 9.78 Å². The summed E-state index contributed by atoms with van der Waals surface area (Å²) < 4.78 is 7.88. The van der Waals surface area contributed by atoms with E-state index < -0.39 is 0 Å². The number of amides is 1. The van der Waals surface area contributed by atoms with Crippen LogP contribution < -0.4 is 15.4 Å². The zero-order valence-corrected chi connectivity index (χ0v) is 19.1. The number of ether oxygens (including phenoxy) is 1. The molecule has 1 fully saturated rings. The lowest BCUT2D eigenvalue weighted by atomic mass is 10.00. The smallest absolute Gasteiger partial charge is 0.273 e. The molecular weight excluding hydrogens is 404 g/mol. The molecule has 3 aromatic rings. The molecule has 2 aromatic heterocycles. The maximum absolute atomic E-state index is 12.5. The van der Waals surface area contributed by atoms with Gasteiger partial charge in [-0.15, -0.1) is 5.10 Å². The van der Waals surface area contributed by atoms with Gasteiger partial charge in [-0.25, -0.2) is 4.68 Å². The summed E-state index contributed by atoms with van der Waals surface area (Å²) in [5.74, 6) is 0.558. The lowest BCUT2D eigenvalue weighted by Gasteiger charge is -2.17. The Labute approximate surface area is 188 Å². The van der Waals surface area contributed by atoms with E-state index in [2.05, 4.69) is 38.1 Å². The standard InChI is InChI=1S/C24H30N6O2/c1-16-11-17(20-8-10-26-14-22(20)32-19-7-9-25-13-19)5-6-18(16)12-27-23(31)21-15-30(29-28-21)24(2,3)4/h5-6,8,10-11,14-15,19,25H,7,9,12-13H2,1-4H3,(H,27,31). The highest BCUT2D eigenvalue weighted by molar-refractivity contribution is 5.91. The summed E-state index contributed by atoms with van der Waals surface area (Å²) in [4.78, 5) is 16.8. The van der Waals surface area contributed by atoms with E-state index in [0.717, 1.165) is 47.5 Å².